The molecule has 8 heteroatoms. The summed E-state index contributed by atoms with van der Waals surface area (Å²) in [6.07, 6.45) is 0. The zero-order valence-electron chi connectivity index (χ0n) is 3.87. The van der Waals surface area contributed by atoms with Crippen LogP contribution >= 0.6 is 15.3 Å². The van der Waals surface area contributed by atoms with E-state index in [2.05, 4.69) is 22.8 Å². The van der Waals surface area contributed by atoms with Crippen molar-refractivity contribution in [1.82, 2.24) is 0 Å². The largest absolute Gasteiger partial charge is 0.356 e. The summed E-state index contributed by atoms with van der Waals surface area (Å²) in [4.78, 5) is 15.1. The standard InChI is InChI=1S/H4NO2P.H4NOPS/c1-4(2)3;1-3(2)4/h4H,(H3,1,2,3);3H,(H3,1,2,4). The van der Waals surface area contributed by atoms with Crippen molar-refractivity contribution in [2.24, 2.45) is 11.0 Å². The van der Waals surface area contributed by atoms with Gasteiger partial charge in [-0.25, -0.2) is 0 Å². The summed E-state index contributed by atoms with van der Waals surface area (Å²) in [5.41, 5.74) is 8.80. The van der Waals surface area contributed by atoms with Gasteiger partial charge in [0.2, 0.25) is 0 Å². The number of nitrogens with two attached hydrogens (primary N) is 2. The van der Waals surface area contributed by atoms with Gasteiger partial charge in [-0.05, 0) is 0 Å². The molecule has 0 heterocycles. The van der Waals surface area contributed by atoms with Crippen LogP contribution in [0.25, 0.3) is 0 Å². The monoisotopic (exact) mass is 178 g/mol. The highest BCUT2D eigenvalue weighted by Crippen LogP contribution is 1.92. The van der Waals surface area contributed by atoms with E-state index in [0.29, 0.717) is 0 Å². The minimum Gasteiger partial charge on any atom is -0.356 e. The predicted molar refractivity (Wildman–Crippen MR) is 37.5 cm³/mol. The normalized spacial score (nSPS) is 15.5. The molecule has 0 radical (unpaired) electrons. The number of hydrogen-bond acceptors (Lipinski definition) is 2. The Labute approximate surface area is 53.2 Å². The second-order valence-corrected chi connectivity index (χ2v) is 3.28. The zero-order chi connectivity index (χ0) is 7.15. The van der Waals surface area contributed by atoms with Crippen LogP contribution in [-0.2, 0) is 16.4 Å². The minimum atomic E-state index is -2.63. The Morgan fingerprint density at radius 1 is 1.38 bits per heavy atom. The molecule has 2 unspecified atom stereocenters. The van der Waals surface area contributed by atoms with Crippen molar-refractivity contribution < 1.29 is 14.4 Å². The molecule has 0 aromatic carbocycles. The van der Waals surface area contributed by atoms with Crippen molar-refractivity contribution in [1.29, 1.82) is 0 Å². The van der Waals surface area contributed by atoms with Crippen molar-refractivity contribution in [3.05, 3.63) is 0 Å². The van der Waals surface area contributed by atoms with Crippen LogP contribution in [0.4, 0.5) is 0 Å². The van der Waals surface area contributed by atoms with Gasteiger partial charge in [-0.15, -0.1) is 0 Å². The molecule has 0 amide bonds. The van der Waals surface area contributed by atoms with Crippen LogP contribution in [0, 0.1) is 0 Å². The molecule has 0 aliphatic rings. The molecule has 0 bridgehead atoms. The molecule has 0 aromatic heterocycles. The maximum Gasteiger partial charge on any atom is 0.253 e. The smallest absolute Gasteiger partial charge is 0.253 e. The van der Waals surface area contributed by atoms with Crippen LogP contribution in [0.3, 0.4) is 0 Å². The molecule has 0 aliphatic heterocycles. The second kappa shape index (κ2) is 7.72. The van der Waals surface area contributed by atoms with Gasteiger partial charge in [0.25, 0.3) is 8.18 Å². The average molecular weight is 178 g/mol. The molecule has 6 N–H and O–H groups in total. The molecule has 0 aliphatic carbocycles. The fourth-order valence-corrected chi connectivity index (χ4v) is 0. The van der Waals surface area contributed by atoms with Gasteiger partial charge in [-0.2, -0.15) is 0 Å². The first-order chi connectivity index (χ1) is 3.46. The molecule has 0 saturated carbocycles. The van der Waals surface area contributed by atoms with E-state index >= 15 is 0 Å². The van der Waals surface area contributed by atoms with Crippen molar-refractivity contribution in [2.75, 3.05) is 0 Å². The van der Waals surface area contributed by atoms with Crippen LogP contribution in [0.5, 0.6) is 0 Å². The highest BCUT2D eigenvalue weighted by molar-refractivity contribution is 8.01. The van der Waals surface area contributed by atoms with Crippen LogP contribution in [0.1, 0.15) is 0 Å². The van der Waals surface area contributed by atoms with E-state index in [1.165, 1.54) is 0 Å². The molecule has 0 fully saturated rings. The third kappa shape index (κ3) is 424. The fourth-order valence-electron chi connectivity index (χ4n) is 0. The number of hydrogen-bond donors (Lipinski definition) is 4. The molecular formula is H8N2O3P2S. The maximum atomic E-state index is 8.96. The third-order valence-corrected chi connectivity index (χ3v) is 0. The van der Waals surface area contributed by atoms with Crippen molar-refractivity contribution in [2.45, 2.75) is 0 Å². The van der Waals surface area contributed by atoms with E-state index in [9.17, 15) is 0 Å². The Balaban J connectivity index is 0. The summed E-state index contributed by atoms with van der Waals surface area (Å²) < 4.78 is 8.96. The lowest BCUT2D eigenvalue weighted by molar-refractivity contribution is 0.504. The lowest BCUT2D eigenvalue weighted by Gasteiger charge is -1.67. The Kier molecular flexibility index (Phi) is 11.1. The van der Waals surface area contributed by atoms with E-state index < -0.39 is 15.3 Å². The fraction of sp³-hybridized carbons (Fsp3) is 0. The van der Waals surface area contributed by atoms with Crippen molar-refractivity contribution >= 4 is 27.1 Å². The Bertz CT molecular complexity index is 73.3. The average Bonchev–Trinajstić information content (AvgIpc) is 1.25. The van der Waals surface area contributed by atoms with Crippen molar-refractivity contribution in [3.8, 4) is 0 Å². The third-order valence-electron chi connectivity index (χ3n) is 0. The summed E-state index contributed by atoms with van der Waals surface area (Å²) in [5.74, 6) is 0. The minimum absolute atomic E-state index is 1.80. The van der Waals surface area contributed by atoms with E-state index in [0.717, 1.165) is 0 Å². The first kappa shape index (κ1) is 11.5. The van der Waals surface area contributed by atoms with Gasteiger partial charge in [-0.1, -0.05) is 11.8 Å². The van der Waals surface area contributed by atoms with Gasteiger partial charge < -0.3 is 9.79 Å². The predicted octanol–water partition coefficient (Wildman–Crippen LogP) is -1.23. The van der Waals surface area contributed by atoms with Gasteiger partial charge in [0.15, 0.2) is 0 Å². The maximum absolute atomic E-state index is 8.96. The van der Waals surface area contributed by atoms with E-state index in [4.69, 9.17) is 14.4 Å². The van der Waals surface area contributed by atoms with Crippen LogP contribution in [0.2, 0.25) is 0 Å². The molecule has 52 valence electrons. The van der Waals surface area contributed by atoms with Crippen LogP contribution < -0.4 is 11.0 Å². The van der Waals surface area contributed by atoms with Crippen LogP contribution in [0.15, 0.2) is 0 Å². The number of rotatable bonds is 0. The SMILES string of the molecule is N[PH](=O)O.N[PH](O)=S. The molecule has 0 spiro atoms. The summed E-state index contributed by atoms with van der Waals surface area (Å²) >= 11 is 4.06. The lowest BCUT2D eigenvalue weighted by atomic mass is 13.9. The van der Waals surface area contributed by atoms with Gasteiger partial charge in [0.05, 0.1) is 0 Å². The molecule has 0 saturated heterocycles. The van der Waals surface area contributed by atoms with E-state index in [1.807, 2.05) is 0 Å². The summed E-state index contributed by atoms with van der Waals surface area (Å²) in [5, 5.41) is 0. The Hall–Kier alpha value is 0.720. The molecule has 2 atom stereocenters. The molecular weight excluding hydrogens is 170 g/mol. The van der Waals surface area contributed by atoms with E-state index in [-0.39, 0.29) is 0 Å². The topological polar surface area (TPSA) is 110 Å². The molecule has 0 aromatic rings. The summed E-state index contributed by atoms with van der Waals surface area (Å²) in [7, 11) is -4.43. The Morgan fingerprint density at radius 2 is 1.38 bits per heavy atom. The molecule has 0 rings (SSSR count). The van der Waals surface area contributed by atoms with Gasteiger partial charge in [-0.3, -0.25) is 15.6 Å². The highest BCUT2D eigenvalue weighted by atomic mass is 32.4. The zero-order valence-corrected chi connectivity index (χ0v) is 6.68. The quantitative estimate of drug-likeness (QED) is 0.346. The van der Waals surface area contributed by atoms with Crippen molar-refractivity contribution in [3.63, 3.8) is 0 Å². The molecule has 8 heavy (non-hydrogen) atoms. The van der Waals surface area contributed by atoms with Crippen LogP contribution in [-0.4, -0.2) is 9.79 Å². The second-order valence-electron chi connectivity index (χ2n) is 0.676. The van der Waals surface area contributed by atoms with Gasteiger partial charge >= 0.3 is 0 Å². The first-order valence-corrected chi connectivity index (χ1v) is 5.52. The Morgan fingerprint density at radius 3 is 1.38 bits per heavy atom. The summed E-state index contributed by atoms with van der Waals surface area (Å²) in [6, 6.07) is 0. The molecule has 5 nitrogen and oxygen atoms in total. The van der Waals surface area contributed by atoms with E-state index in [1.54, 1.807) is 0 Å². The van der Waals surface area contributed by atoms with Gasteiger partial charge in [0.1, 0.15) is 7.07 Å². The summed E-state index contributed by atoms with van der Waals surface area (Å²) in [6.45, 7) is 0. The lowest BCUT2D eigenvalue weighted by Crippen LogP contribution is -1.68. The first-order valence-electron chi connectivity index (χ1n) is 1.43. The van der Waals surface area contributed by atoms with Gasteiger partial charge in [0, 0.05) is 0 Å². The highest BCUT2D eigenvalue weighted by Gasteiger charge is 1.58.